The number of ketones is 1. The molecular formula is C17H22N2O3. The van der Waals surface area contributed by atoms with Crippen molar-refractivity contribution in [2.75, 3.05) is 11.9 Å². The number of likely N-dealkylation sites (tertiary alicyclic amines) is 1. The van der Waals surface area contributed by atoms with Crippen molar-refractivity contribution >= 4 is 23.3 Å². The standard InChI is InChI=1S/C17H22N2O3/c1-3-15-6-4-5-11-19(15)17(22)16(21)18-14-9-7-13(8-10-14)12(2)20/h7-10,15H,3-6,11H2,1-2H3,(H,18,21). The van der Waals surface area contributed by atoms with Crippen molar-refractivity contribution in [3.63, 3.8) is 0 Å². The third-order valence-corrected chi connectivity index (χ3v) is 4.10. The molecule has 1 aromatic rings. The molecule has 1 N–H and O–H groups in total. The average Bonchev–Trinajstić information content (AvgIpc) is 2.54. The second-order valence-electron chi connectivity index (χ2n) is 5.64. The summed E-state index contributed by atoms with van der Waals surface area (Å²) in [5.41, 5.74) is 1.10. The minimum atomic E-state index is -0.615. The largest absolute Gasteiger partial charge is 0.331 e. The van der Waals surface area contributed by atoms with Gasteiger partial charge >= 0.3 is 11.8 Å². The first-order chi connectivity index (χ1) is 10.5. The Labute approximate surface area is 130 Å². The second-order valence-corrected chi connectivity index (χ2v) is 5.64. The van der Waals surface area contributed by atoms with Crippen LogP contribution in [0.25, 0.3) is 0 Å². The first-order valence-corrected chi connectivity index (χ1v) is 7.76. The van der Waals surface area contributed by atoms with Gasteiger partial charge < -0.3 is 10.2 Å². The van der Waals surface area contributed by atoms with Gasteiger partial charge in [0.15, 0.2) is 5.78 Å². The van der Waals surface area contributed by atoms with Gasteiger partial charge in [0, 0.05) is 23.8 Å². The van der Waals surface area contributed by atoms with Crippen LogP contribution in [0.4, 0.5) is 5.69 Å². The van der Waals surface area contributed by atoms with E-state index >= 15 is 0 Å². The van der Waals surface area contributed by atoms with Crippen LogP contribution in [0.5, 0.6) is 0 Å². The minimum absolute atomic E-state index is 0.0342. The normalized spacial score (nSPS) is 17.9. The highest BCUT2D eigenvalue weighted by Crippen LogP contribution is 2.20. The van der Waals surface area contributed by atoms with E-state index in [2.05, 4.69) is 5.32 Å². The van der Waals surface area contributed by atoms with Crippen molar-refractivity contribution in [3.05, 3.63) is 29.8 Å². The van der Waals surface area contributed by atoms with E-state index in [0.29, 0.717) is 17.8 Å². The first kappa shape index (κ1) is 16.2. The summed E-state index contributed by atoms with van der Waals surface area (Å²) in [5.74, 6) is -1.12. The molecule has 0 bridgehead atoms. The summed E-state index contributed by atoms with van der Waals surface area (Å²) >= 11 is 0. The minimum Gasteiger partial charge on any atom is -0.331 e. The lowest BCUT2D eigenvalue weighted by molar-refractivity contribution is -0.145. The fourth-order valence-electron chi connectivity index (χ4n) is 2.80. The van der Waals surface area contributed by atoms with Gasteiger partial charge in [0.1, 0.15) is 0 Å². The van der Waals surface area contributed by atoms with Gasteiger partial charge in [0.2, 0.25) is 0 Å². The predicted octanol–water partition coefficient (Wildman–Crippen LogP) is 2.62. The highest BCUT2D eigenvalue weighted by molar-refractivity contribution is 6.39. The SMILES string of the molecule is CCC1CCCCN1C(=O)C(=O)Nc1ccc(C(C)=O)cc1. The number of anilines is 1. The van der Waals surface area contributed by atoms with E-state index in [9.17, 15) is 14.4 Å². The highest BCUT2D eigenvalue weighted by atomic mass is 16.2. The zero-order valence-electron chi connectivity index (χ0n) is 13.1. The summed E-state index contributed by atoms with van der Waals surface area (Å²) in [5, 5.41) is 2.61. The molecule has 1 fully saturated rings. The molecule has 1 aliphatic heterocycles. The van der Waals surface area contributed by atoms with Crippen LogP contribution in [0.1, 0.15) is 49.9 Å². The summed E-state index contributed by atoms with van der Waals surface area (Å²) < 4.78 is 0. The van der Waals surface area contributed by atoms with Crippen molar-refractivity contribution in [1.29, 1.82) is 0 Å². The number of carbonyl (C=O) groups excluding carboxylic acids is 3. The number of hydrogen-bond acceptors (Lipinski definition) is 3. The molecule has 1 heterocycles. The topological polar surface area (TPSA) is 66.5 Å². The Morgan fingerprint density at radius 1 is 1.18 bits per heavy atom. The van der Waals surface area contributed by atoms with Gasteiger partial charge in [-0.15, -0.1) is 0 Å². The average molecular weight is 302 g/mol. The molecule has 1 aliphatic rings. The maximum atomic E-state index is 12.3. The van der Waals surface area contributed by atoms with Crippen LogP contribution in [0, 0.1) is 0 Å². The zero-order chi connectivity index (χ0) is 16.1. The van der Waals surface area contributed by atoms with Crippen molar-refractivity contribution < 1.29 is 14.4 Å². The van der Waals surface area contributed by atoms with E-state index in [1.54, 1.807) is 29.2 Å². The molecule has 2 amide bonds. The molecular weight excluding hydrogens is 280 g/mol. The van der Waals surface area contributed by atoms with Crippen molar-refractivity contribution in [2.24, 2.45) is 0 Å². The molecule has 1 unspecified atom stereocenters. The quantitative estimate of drug-likeness (QED) is 0.689. The van der Waals surface area contributed by atoms with Crippen LogP contribution >= 0.6 is 0 Å². The van der Waals surface area contributed by atoms with Gasteiger partial charge in [-0.1, -0.05) is 6.92 Å². The van der Waals surface area contributed by atoms with Crippen LogP contribution in [0.2, 0.25) is 0 Å². The summed E-state index contributed by atoms with van der Waals surface area (Å²) in [6, 6.07) is 6.70. The van der Waals surface area contributed by atoms with Crippen LogP contribution in [0.15, 0.2) is 24.3 Å². The van der Waals surface area contributed by atoms with Gasteiger partial charge in [-0.2, -0.15) is 0 Å². The van der Waals surface area contributed by atoms with Gasteiger partial charge in [-0.05, 0) is 56.9 Å². The number of benzene rings is 1. The molecule has 0 saturated carbocycles. The highest BCUT2D eigenvalue weighted by Gasteiger charge is 2.29. The van der Waals surface area contributed by atoms with Gasteiger partial charge in [-0.3, -0.25) is 14.4 Å². The zero-order valence-corrected chi connectivity index (χ0v) is 13.1. The lowest BCUT2D eigenvalue weighted by Crippen LogP contribution is -2.48. The lowest BCUT2D eigenvalue weighted by atomic mass is 10.00. The molecule has 0 aliphatic carbocycles. The second kappa shape index (κ2) is 7.20. The number of carbonyl (C=O) groups is 3. The number of nitrogens with one attached hydrogen (secondary N) is 1. The summed E-state index contributed by atoms with van der Waals surface area (Å²) in [6.45, 7) is 4.17. The van der Waals surface area contributed by atoms with E-state index in [1.807, 2.05) is 6.92 Å². The lowest BCUT2D eigenvalue weighted by Gasteiger charge is -2.34. The monoisotopic (exact) mass is 302 g/mol. The third kappa shape index (κ3) is 3.72. The Morgan fingerprint density at radius 2 is 1.86 bits per heavy atom. The molecule has 5 nitrogen and oxygen atoms in total. The summed E-state index contributed by atoms with van der Waals surface area (Å²) in [7, 11) is 0. The van der Waals surface area contributed by atoms with E-state index in [0.717, 1.165) is 25.7 Å². The Kier molecular flexibility index (Phi) is 5.31. The number of Topliss-reactive ketones (excluding diaryl/α,β-unsaturated/α-hetero) is 1. The Bertz CT molecular complexity index is 566. The van der Waals surface area contributed by atoms with Gasteiger partial charge in [0.05, 0.1) is 0 Å². The third-order valence-electron chi connectivity index (χ3n) is 4.10. The number of hydrogen-bond donors (Lipinski definition) is 1. The maximum absolute atomic E-state index is 12.3. The number of amides is 2. The Morgan fingerprint density at radius 3 is 2.45 bits per heavy atom. The number of piperidine rings is 1. The Hall–Kier alpha value is -2.17. The molecule has 0 radical (unpaired) electrons. The summed E-state index contributed by atoms with van der Waals surface area (Å²) in [4.78, 5) is 37.3. The van der Waals surface area contributed by atoms with E-state index in [4.69, 9.17) is 0 Å². The molecule has 1 saturated heterocycles. The molecule has 1 atom stereocenters. The van der Waals surface area contributed by atoms with E-state index in [-0.39, 0.29) is 11.8 Å². The molecule has 5 heteroatoms. The van der Waals surface area contributed by atoms with E-state index < -0.39 is 11.8 Å². The number of rotatable bonds is 3. The van der Waals surface area contributed by atoms with Crippen molar-refractivity contribution in [1.82, 2.24) is 4.90 Å². The van der Waals surface area contributed by atoms with Gasteiger partial charge in [-0.25, -0.2) is 0 Å². The molecule has 2 rings (SSSR count). The van der Waals surface area contributed by atoms with Crippen molar-refractivity contribution in [3.8, 4) is 0 Å². The molecule has 0 spiro atoms. The maximum Gasteiger partial charge on any atom is 0.313 e. The molecule has 1 aromatic carbocycles. The summed E-state index contributed by atoms with van der Waals surface area (Å²) in [6.07, 6.45) is 3.88. The Balaban J connectivity index is 2.01. The fraction of sp³-hybridized carbons (Fsp3) is 0.471. The van der Waals surface area contributed by atoms with Crippen LogP contribution in [-0.4, -0.2) is 35.1 Å². The fourth-order valence-corrected chi connectivity index (χ4v) is 2.80. The van der Waals surface area contributed by atoms with E-state index in [1.165, 1.54) is 6.92 Å². The molecule has 22 heavy (non-hydrogen) atoms. The predicted molar refractivity (Wildman–Crippen MR) is 84.7 cm³/mol. The van der Waals surface area contributed by atoms with Crippen LogP contribution in [0.3, 0.4) is 0 Å². The molecule has 0 aromatic heterocycles. The van der Waals surface area contributed by atoms with Gasteiger partial charge in [0.25, 0.3) is 0 Å². The molecule has 118 valence electrons. The van der Waals surface area contributed by atoms with Crippen molar-refractivity contribution in [2.45, 2.75) is 45.6 Å². The first-order valence-electron chi connectivity index (χ1n) is 7.76. The smallest absolute Gasteiger partial charge is 0.313 e. The van der Waals surface area contributed by atoms with Crippen LogP contribution < -0.4 is 5.32 Å². The number of nitrogens with zero attached hydrogens (tertiary/aromatic N) is 1. The van der Waals surface area contributed by atoms with Crippen LogP contribution in [-0.2, 0) is 9.59 Å².